The number of aromatic amines is 1. The third kappa shape index (κ3) is 3.42. The largest absolute Gasteiger partial charge is 0.297 e. The third-order valence-electron chi connectivity index (χ3n) is 4.20. The Kier molecular flexibility index (Phi) is 4.95. The number of Topliss-reactive ketones (excluding diaryl/α,β-unsaturated/α-hetero) is 1. The first-order valence-electron chi connectivity index (χ1n) is 7.66. The Bertz CT molecular complexity index is 627. The van der Waals surface area contributed by atoms with Gasteiger partial charge in [0.05, 0.1) is 0 Å². The lowest BCUT2D eigenvalue weighted by atomic mass is 9.90. The first-order chi connectivity index (χ1) is 10.8. The maximum atomic E-state index is 12.9. The minimum absolute atomic E-state index is 0.102. The van der Waals surface area contributed by atoms with E-state index in [1.54, 1.807) is 18.0 Å². The summed E-state index contributed by atoms with van der Waals surface area (Å²) in [7, 11) is 0. The molecule has 0 saturated carbocycles. The quantitative estimate of drug-likeness (QED) is 0.680. The number of carbonyl (C=O) groups is 1. The maximum Gasteiger partial charge on any atom is 0.168 e. The van der Waals surface area contributed by atoms with Crippen molar-refractivity contribution in [3.05, 3.63) is 47.8 Å². The van der Waals surface area contributed by atoms with Crippen LogP contribution in [0, 0.1) is 5.92 Å². The van der Waals surface area contributed by atoms with Crippen molar-refractivity contribution in [2.45, 2.75) is 24.3 Å². The van der Waals surface area contributed by atoms with Crippen molar-refractivity contribution in [2.24, 2.45) is 5.92 Å². The van der Waals surface area contributed by atoms with E-state index in [0.29, 0.717) is 5.78 Å². The highest BCUT2D eigenvalue weighted by Gasteiger charge is 2.27. The number of hydrogen-bond donors (Lipinski definition) is 1. The van der Waals surface area contributed by atoms with Crippen molar-refractivity contribution >= 4 is 17.5 Å². The van der Waals surface area contributed by atoms with E-state index in [2.05, 4.69) is 15.1 Å². The van der Waals surface area contributed by atoms with Crippen molar-refractivity contribution in [3.63, 3.8) is 0 Å². The zero-order chi connectivity index (χ0) is 15.4. The van der Waals surface area contributed by atoms with Gasteiger partial charge in [-0.05, 0) is 37.8 Å². The lowest BCUT2D eigenvalue weighted by molar-refractivity contribution is 0.0807. The molecule has 0 unspecified atom stereocenters. The highest BCUT2D eigenvalue weighted by Crippen LogP contribution is 2.27. The Labute approximate surface area is 135 Å². The van der Waals surface area contributed by atoms with Crippen LogP contribution in [0.4, 0.5) is 0 Å². The first kappa shape index (κ1) is 15.3. The van der Waals surface area contributed by atoms with E-state index in [9.17, 15) is 4.79 Å². The van der Waals surface area contributed by atoms with Gasteiger partial charge in [-0.2, -0.15) is 5.10 Å². The Hall–Kier alpha value is -1.59. The molecule has 0 amide bonds. The van der Waals surface area contributed by atoms with Crippen LogP contribution in [-0.2, 0) is 6.54 Å². The van der Waals surface area contributed by atoms with Gasteiger partial charge in [0.1, 0.15) is 0 Å². The van der Waals surface area contributed by atoms with E-state index in [1.165, 1.54) is 0 Å². The van der Waals surface area contributed by atoms with E-state index in [4.69, 9.17) is 0 Å². The number of nitrogens with zero attached hydrogens (tertiary/aromatic N) is 2. The number of ketones is 1. The normalized spacial score (nSPS) is 19.2. The molecule has 1 aliphatic heterocycles. The number of likely N-dealkylation sites (tertiary alicyclic amines) is 1. The maximum absolute atomic E-state index is 12.9. The summed E-state index contributed by atoms with van der Waals surface area (Å²) in [6, 6.07) is 9.94. The Balaban J connectivity index is 1.70. The SMILES string of the molecule is CSc1ccccc1C(=O)[C@@H]1CCCN(Cc2ccn[nH]2)C1. The molecule has 1 fully saturated rings. The van der Waals surface area contributed by atoms with Crippen LogP contribution < -0.4 is 0 Å². The van der Waals surface area contributed by atoms with Crippen LogP contribution >= 0.6 is 11.8 Å². The molecule has 1 aromatic heterocycles. The molecule has 0 bridgehead atoms. The van der Waals surface area contributed by atoms with Crippen LogP contribution in [0.2, 0.25) is 0 Å². The lowest BCUT2D eigenvalue weighted by Crippen LogP contribution is -2.38. The van der Waals surface area contributed by atoms with Crippen LogP contribution in [0.15, 0.2) is 41.4 Å². The molecule has 2 aromatic rings. The van der Waals surface area contributed by atoms with Gasteiger partial charge in [0.2, 0.25) is 0 Å². The van der Waals surface area contributed by atoms with Gasteiger partial charge in [-0.25, -0.2) is 0 Å². The average molecular weight is 315 g/mol. The molecule has 1 N–H and O–H groups in total. The topological polar surface area (TPSA) is 49.0 Å². The zero-order valence-corrected chi connectivity index (χ0v) is 13.6. The van der Waals surface area contributed by atoms with Crippen molar-refractivity contribution in [1.29, 1.82) is 0 Å². The van der Waals surface area contributed by atoms with Gasteiger partial charge in [0.15, 0.2) is 5.78 Å². The number of piperidine rings is 1. The van der Waals surface area contributed by atoms with E-state index in [1.807, 2.05) is 36.6 Å². The summed E-state index contributed by atoms with van der Waals surface area (Å²) < 4.78 is 0. The van der Waals surface area contributed by atoms with Gasteiger partial charge in [0.25, 0.3) is 0 Å². The van der Waals surface area contributed by atoms with Gasteiger partial charge in [-0.15, -0.1) is 11.8 Å². The highest BCUT2D eigenvalue weighted by molar-refractivity contribution is 7.98. The summed E-state index contributed by atoms with van der Waals surface area (Å²) in [6.45, 7) is 2.72. The summed E-state index contributed by atoms with van der Waals surface area (Å²) in [5, 5.41) is 6.99. The molecule has 1 saturated heterocycles. The van der Waals surface area contributed by atoms with Gasteiger partial charge in [-0.1, -0.05) is 18.2 Å². The van der Waals surface area contributed by atoms with Crippen molar-refractivity contribution in [3.8, 4) is 0 Å². The fraction of sp³-hybridized carbons (Fsp3) is 0.412. The first-order valence-corrected chi connectivity index (χ1v) is 8.88. The number of carbonyl (C=O) groups excluding carboxylic acids is 1. The van der Waals surface area contributed by atoms with E-state index >= 15 is 0 Å². The molecule has 1 atom stereocenters. The van der Waals surface area contributed by atoms with Crippen LogP contribution in [0.5, 0.6) is 0 Å². The van der Waals surface area contributed by atoms with Gasteiger partial charge in [0, 0.05) is 41.4 Å². The monoisotopic (exact) mass is 315 g/mol. The van der Waals surface area contributed by atoms with Gasteiger partial charge < -0.3 is 0 Å². The smallest absolute Gasteiger partial charge is 0.168 e. The number of rotatable bonds is 5. The molecule has 5 heteroatoms. The van der Waals surface area contributed by atoms with Crippen LogP contribution in [0.1, 0.15) is 28.9 Å². The Morgan fingerprint density at radius 3 is 3.05 bits per heavy atom. The predicted molar refractivity (Wildman–Crippen MR) is 89.1 cm³/mol. The fourth-order valence-corrected chi connectivity index (χ4v) is 3.70. The Morgan fingerprint density at radius 1 is 1.41 bits per heavy atom. The van der Waals surface area contributed by atoms with Crippen molar-refractivity contribution < 1.29 is 4.79 Å². The Morgan fingerprint density at radius 2 is 2.27 bits per heavy atom. The third-order valence-corrected chi connectivity index (χ3v) is 5.00. The van der Waals surface area contributed by atoms with Crippen molar-refractivity contribution in [2.75, 3.05) is 19.3 Å². The summed E-state index contributed by atoms with van der Waals surface area (Å²) in [6.07, 6.45) is 5.86. The molecular weight excluding hydrogens is 294 g/mol. The molecular formula is C17H21N3OS. The zero-order valence-electron chi connectivity index (χ0n) is 12.8. The van der Waals surface area contributed by atoms with Gasteiger partial charge >= 0.3 is 0 Å². The predicted octanol–water partition coefficient (Wildman–Crippen LogP) is 3.23. The molecule has 0 spiro atoms. The lowest BCUT2D eigenvalue weighted by Gasteiger charge is -2.31. The second-order valence-corrected chi connectivity index (χ2v) is 6.57. The van der Waals surface area contributed by atoms with E-state index in [-0.39, 0.29) is 5.92 Å². The summed E-state index contributed by atoms with van der Waals surface area (Å²) in [5.74, 6) is 0.393. The van der Waals surface area contributed by atoms with Crippen molar-refractivity contribution in [1.82, 2.24) is 15.1 Å². The molecule has 1 aromatic carbocycles. The molecule has 22 heavy (non-hydrogen) atoms. The highest BCUT2D eigenvalue weighted by atomic mass is 32.2. The summed E-state index contributed by atoms with van der Waals surface area (Å²) in [5.41, 5.74) is 1.99. The molecule has 0 aliphatic carbocycles. The number of H-pyrrole nitrogens is 1. The van der Waals surface area contributed by atoms with Crippen LogP contribution in [0.25, 0.3) is 0 Å². The number of nitrogens with one attached hydrogen (secondary N) is 1. The standard InChI is InChI=1S/C17H21N3OS/c1-22-16-7-3-2-6-15(16)17(21)13-5-4-10-20(11-13)12-14-8-9-18-19-14/h2-3,6-9,13H,4-5,10-12H2,1H3,(H,18,19)/t13-/m1/s1. The average Bonchev–Trinajstić information content (AvgIpc) is 3.07. The number of benzene rings is 1. The fourth-order valence-electron chi connectivity index (χ4n) is 3.09. The second-order valence-electron chi connectivity index (χ2n) is 5.72. The minimum Gasteiger partial charge on any atom is -0.297 e. The summed E-state index contributed by atoms with van der Waals surface area (Å²) >= 11 is 1.64. The molecule has 3 rings (SSSR count). The van der Waals surface area contributed by atoms with Crippen LogP contribution in [0.3, 0.4) is 0 Å². The molecule has 4 nitrogen and oxygen atoms in total. The molecule has 1 aliphatic rings. The van der Waals surface area contributed by atoms with E-state index < -0.39 is 0 Å². The molecule has 116 valence electrons. The summed E-state index contributed by atoms with van der Waals surface area (Å²) in [4.78, 5) is 16.3. The molecule has 2 heterocycles. The number of thioether (sulfide) groups is 1. The minimum atomic E-state index is 0.102. The van der Waals surface area contributed by atoms with Crippen LogP contribution in [-0.4, -0.2) is 40.2 Å². The number of aromatic nitrogens is 2. The second kappa shape index (κ2) is 7.11. The van der Waals surface area contributed by atoms with E-state index in [0.717, 1.165) is 48.6 Å². The number of hydrogen-bond acceptors (Lipinski definition) is 4. The van der Waals surface area contributed by atoms with Gasteiger partial charge in [-0.3, -0.25) is 14.8 Å². The molecule has 0 radical (unpaired) electrons.